The quantitative estimate of drug-likeness (QED) is 0.495. The number of esters is 1. The third-order valence-corrected chi connectivity index (χ3v) is 4.94. The molecule has 0 saturated heterocycles. The van der Waals surface area contributed by atoms with Gasteiger partial charge in [-0.3, -0.25) is 4.79 Å². The summed E-state index contributed by atoms with van der Waals surface area (Å²) in [5, 5.41) is 2.94. The van der Waals surface area contributed by atoms with E-state index in [0.29, 0.717) is 11.1 Å². The first-order chi connectivity index (χ1) is 15.9. The maximum atomic E-state index is 13.2. The summed E-state index contributed by atoms with van der Waals surface area (Å²) in [6.45, 7) is 1.36. The Bertz CT molecular complexity index is 1030. The van der Waals surface area contributed by atoms with Crippen molar-refractivity contribution < 1.29 is 28.5 Å². The Kier molecular flexibility index (Phi) is 7.45. The lowest BCUT2D eigenvalue weighted by atomic mass is 9.77. The van der Waals surface area contributed by atoms with Crippen molar-refractivity contribution in [2.75, 3.05) is 21.3 Å². The summed E-state index contributed by atoms with van der Waals surface area (Å²) in [4.78, 5) is 34.0. The number of nitrogens with zero attached hydrogens (tertiary/aromatic N) is 2. The lowest BCUT2D eigenvalue weighted by Gasteiger charge is -2.40. The molecule has 0 aliphatic rings. The van der Waals surface area contributed by atoms with E-state index in [0.717, 1.165) is 0 Å². The lowest BCUT2D eigenvalue weighted by molar-refractivity contribution is -0.153. The molecule has 0 aliphatic heterocycles. The summed E-state index contributed by atoms with van der Waals surface area (Å²) in [6, 6.07) is 19.3. The Labute approximate surface area is 191 Å². The van der Waals surface area contributed by atoms with E-state index in [4.69, 9.17) is 18.9 Å². The number of amides is 1. The molecular weight excluding hydrogens is 426 g/mol. The number of hydrogen-bond acceptors (Lipinski definition) is 8. The summed E-state index contributed by atoms with van der Waals surface area (Å²) in [5.74, 6) is -0.791. The minimum Gasteiger partial charge on any atom is -0.481 e. The van der Waals surface area contributed by atoms with Crippen LogP contribution in [-0.4, -0.2) is 49.3 Å². The molecule has 1 heterocycles. The maximum Gasteiger partial charge on any atom is 0.350 e. The van der Waals surface area contributed by atoms with Gasteiger partial charge in [0.1, 0.15) is 5.54 Å². The Balaban J connectivity index is 2.28. The van der Waals surface area contributed by atoms with Crippen LogP contribution >= 0.6 is 0 Å². The van der Waals surface area contributed by atoms with Crippen LogP contribution in [0.2, 0.25) is 0 Å². The highest BCUT2D eigenvalue weighted by Gasteiger charge is 2.50. The summed E-state index contributed by atoms with van der Waals surface area (Å²) in [6.07, 6.45) is -1.41. The largest absolute Gasteiger partial charge is 0.481 e. The Morgan fingerprint density at radius 3 is 1.73 bits per heavy atom. The van der Waals surface area contributed by atoms with Gasteiger partial charge in [0.25, 0.3) is 0 Å². The Hall–Kier alpha value is -4.14. The maximum absolute atomic E-state index is 13.2. The molecule has 0 aliphatic carbocycles. The van der Waals surface area contributed by atoms with E-state index in [9.17, 15) is 9.59 Å². The number of rotatable bonds is 9. The number of carbonyl (C=O) groups excluding carboxylic acids is 2. The molecule has 0 spiro atoms. The van der Waals surface area contributed by atoms with E-state index < -0.39 is 17.6 Å². The van der Waals surface area contributed by atoms with Crippen LogP contribution in [-0.2, 0) is 19.9 Å². The summed E-state index contributed by atoms with van der Waals surface area (Å²) < 4.78 is 21.5. The molecule has 3 rings (SSSR count). The topological polar surface area (TPSA) is 109 Å². The van der Waals surface area contributed by atoms with Crippen molar-refractivity contribution in [1.82, 2.24) is 15.3 Å². The second-order valence-electron chi connectivity index (χ2n) is 6.98. The normalized spacial score (nSPS) is 11.8. The van der Waals surface area contributed by atoms with Crippen LogP contribution in [0.1, 0.15) is 18.1 Å². The Morgan fingerprint density at radius 2 is 1.33 bits per heavy atom. The predicted molar refractivity (Wildman–Crippen MR) is 119 cm³/mol. The van der Waals surface area contributed by atoms with Crippen LogP contribution in [0, 0.1) is 0 Å². The van der Waals surface area contributed by atoms with Crippen LogP contribution in [0.5, 0.6) is 17.8 Å². The zero-order valence-electron chi connectivity index (χ0n) is 18.8. The van der Waals surface area contributed by atoms with Crippen molar-refractivity contribution in [3.05, 3.63) is 77.9 Å². The molecule has 9 heteroatoms. The summed E-state index contributed by atoms with van der Waals surface area (Å²) >= 11 is 0. The fourth-order valence-electron chi connectivity index (χ4n) is 3.53. The number of aromatic nitrogens is 2. The number of carbonyl (C=O) groups is 2. The minimum absolute atomic E-state index is 0.171. The van der Waals surface area contributed by atoms with Crippen LogP contribution < -0.4 is 19.5 Å². The number of nitrogens with one attached hydrogen (secondary N) is 1. The molecule has 3 aromatic rings. The van der Waals surface area contributed by atoms with E-state index in [1.807, 2.05) is 12.1 Å². The monoisotopic (exact) mass is 451 g/mol. The van der Waals surface area contributed by atoms with E-state index in [1.54, 1.807) is 48.5 Å². The van der Waals surface area contributed by atoms with Gasteiger partial charge in [-0.2, -0.15) is 9.97 Å². The molecule has 1 atom stereocenters. The van der Waals surface area contributed by atoms with Crippen LogP contribution in [0.25, 0.3) is 0 Å². The SMILES string of the molecule is COC(=O)C(Oc1nc(OC)cc(OC)n1)C(NC(C)=O)(c1ccccc1)c1ccccc1. The number of methoxy groups -OCH3 is 3. The van der Waals surface area contributed by atoms with Crippen molar-refractivity contribution >= 4 is 11.9 Å². The highest BCUT2D eigenvalue weighted by Crippen LogP contribution is 2.36. The van der Waals surface area contributed by atoms with Crippen molar-refractivity contribution in [2.24, 2.45) is 0 Å². The van der Waals surface area contributed by atoms with Crippen molar-refractivity contribution in [2.45, 2.75) is 18.6 Å². The van der Waals surface area contributed by atoms with Gasteiger partial charge in [-0.1, -0.05) is 60.7 Å². The molecule has 1 N–H and O–H groups in total. The van der Waals surface area contributed by atoms with Gasteiger partial charge in [-0.25, -0.2) is 4.79 Å². The molecule has 1 unspecified atom stereocenters. The van der Waals surface area contributed by atoms with Crippen molar-refractivity contribution in [1.29, 1.82) is 0 Å². The first-order valence-corrected chi connectivity index (χ1v) is 10.1. The second kappa shape index (κ2) is 10.4. The molecule has 1 amide bonds. The zero-order chi connectivity index (χ0) is 23.8. The average molecular weight is 451 g/mol. The standard InChI is InChI=1S/C24H25N3O6/c1-16(28)27-24(17-11-7-5-8-12-17,18-13-9-6-10-14-18)21(22(29)32-4)33-23-25-19(30-2)15-20(26-23)31-3/h5-15,21H,1-4H3,(H,27,28). The van der Waals surface area contributed by atoms with E-state index in [2.05, 4.69) is 15.3 Å². The van der Waals surface area contributed by atoms with Crippen molar-refractivity contribution in [3.8, 4) is 17.8 Å². The molecule has 0 radical (unpaired) electrons. The van der Waals surface area contributed by atoms with Gasteiger partial charge in [0.15, 0.2) is 0 Å². The minimum atomic E-state index is -1.47. The molecule has 0 bridgehead atoms. The lowest BCUT2D eigenvalue weighted by Crippen LogP contribution is -2.59. The zero-order valence-corrected chi connectivity index (χ0v) is 18.8. The highest BCUT2D eigenvalue weighted by atomic mass is 16.6. The average Bonchev–Trinajstić information content (AvgIpc) is 2.86. The molecule has 172 valence electrons. The molecular formula is C24H25N3O6. The molecule has 33 heavy (non-hydrogen) atoms. The van der Waals surface area contributed by atoms with E-state index in [1.165, 1.54) is 34.3 Å². The molecule has 1 aromatic heterocycles. The summed E-state index contributed by atoms with van der Waals surface area (Å²) in [5.41, 5.74) is -0.283. The van der Waals surface area contributed by atoms with Gasteiger partial charge >= 0.3 is 12.0 Å². The third-order valence-electron chi connectivity index (χ3n) is 4.94. The van der Waals surface area contributed by atoms with Crippen molar-refractivity contribution in [3.63, 3.8) is 0 Å². The van der Waals surface area contributed by atoms with Gasteiger partial charge in [0, 0.05) is 6.92 Å². The first kappa shape index (κ1) is 23.5. The van der Waals surface area contributed by atoms with Crippen LogP contribution in [0.3, 0.4) is 0 Å². The Morgan fingerprint density at radius 1 is 0.848 bits per heavy atom. The van der Waals surface area contributed by atoms with Crippen LogP contribution in [0.15, 0.2) is 66.7 Å². The van der Waals surface area contributed by atoms with Crippen LogP contribution in [0.4, 0.5) is 0 Å². The summed E-state index contributed by atoms with van der Waals surface area (Å²) in [7, 11) is 4.10. The highest BCUT2D eigenvalue weighted by molar-refractivity contribution is 5.82. The molecule has 9 nitrogen and oxygen atoms in total. The predicted octanol–water partition coefficient (Wildman–Crippen LogP) is 2.49. The number of ether oxygens (including phenoxy) is 4. The number of benzene rings is 2. The number of hydrogen-bond donors (Lipinski definition) is 1. The van der Waals surface area contributed by atoms with Gasteiger partial charge < -0.3 is 24.3 Å². The van der Waals surface area contributed by atoms with Gasteiger partial charge in [-0.15, -0.1) is 0 Å². The fraction of sp³-hybridized carbons (Fsp3) is 0.250. The second-order valence-corrected chi connectivity index (χ2v) is 6.98. The third kappa shape index (κ3) is 5.03. The van der Waals surface area contributed by atoms with Gasteiger partial charge in [0.2, 0.25) is 23.8 Å². The van der Waals surface area contributed by atoms with Gasteiger partial charge in [-0.05, 0) is 11.1 Å². The van der Waals surface area contributed by atoms with E-state index >= 15 is 0 Å². The molecule has 0 saturated carbocycles. The fourth-order valence-corrected chi connectivity index (χ4v) is 3.53. The van der Waals surface area contributed by atoms with E-state index in [-0.39, 0.29) is 23.7 Å². The first-order valence-electron chi connectivity index (χ1n) is 10.1. The van der Waals surface area contributed by atoms with Gasteiger partial charge in [0.05, 0.1) is 27.4 Å². The molecule has 0 fully saturated rings. The smallest absolute Gasteiger partial charge is 0.350 e. The molecule has 2 aromatic carbocycles.